The van der Waals surface area contributed by atoms with Gasteiger partial charge in [-0.05, 0) is 76.4 Å². The summed E-state index contributed by atoms with van der Waals surface area (Å²) < 4.78 is 0. The molecule has 4 atom stereocenters. The molecule has 3 aliphatic rings. The second kappa shape index (κ2) is 6.75. The number of nitrogens with zero attached hydrogens (tertiary/aromatic N) is 2. The maximum Gasteiger partial charge on any atom is 0.223 e. The number of carbonyl (C=O) groups is 1. The summed E-state index contributed by atoms with van der Waals surface area (Å²) >= 11 is 0. The molecule has 1 aromatic carbocycles. The van der Waals surface area contributed by atoms with Crippen LogP contribution in [0.1, 0.15) is 50.5 Å². The molecule has 2 aliphatic heterocycles. The second-order valence-electron chi connectivity index (χ2n) is 8.67. The zero-order valence-corrected chi connectivity index (χ0v) is 15.8. The van der Waals surface area contributed by atoms with Crippen molar-refractivity contribution in [3.05, 3.63) is 35.9 Å². The van der Waals surface area contributed by atoms with Crippen LogP contribution >= 0.6 is 0 Å². The van der Waals surface area contributed by atoms with Gasteiger partial charge in [0.2, 0.25) is 5.91 Å². The first-order chi connectivity index (χ1) is 12.1. The Morgan fingerprint density at radius 3 is 2.68 bits per heavy atom. The fourth-order valence-electron chi connectivity index (χ4n) is 6.28. The van der Waals surface area contributed by atoms with E-state index in [0.29, 0.717) is 23.8 Å². The van der Waals surface area contributed by atoms with Crippen molar-refractivity contribution in [1.82, 2.24) is 9.80 Å². The molecular weight excluding hydrogens is 308 g/mol. The summed E-state index contributed by atoms with van der Waals surface area (Å²) in [4.78, 5) is 17.5. The molecule has 0 N–H and O–H groups in total. The Morgan fingerprint density at radius 2 is 1.92 bits per heavy atom. The predicted molar refractivity (Wildman–Crippen MR) is 101 cm³/mol. The van der Waals surface area contributed by atoms with Crippen molar-refractivity contribution in [2.75, 3.05) is 20.6 Å². The van der Waals surface area contributed by atoms with E-state index >= 15 is 0 Å². The van der Waals surface area contributed by atoms with Gasteiger partial charge in [0, 0.05) is 24.5 Å². The lowest BCUT2D eigenvalue weighted by Crippen LogP contribution is -2.60. The quantitative estimate of drug-likeness (QED) is 0.837. The van der Waals surface area contributed by atoms with E-state index in [1.807, 2.05) is 0 Å². The summed E-state index contributed by atoms with van der Waals surface area (Å²) in [6, 6.07) is 11.6. The molecule has 136 valence electrons. The molecule has 0 radical (unpaired) electrons. The van der Waals surface area contributed by atoms with E-state index in [4.69, 9.17) is 0 Å². The first kappa shape index (κ1) is 17.1. The van der Waals surface area contributed by atoms with E-state index in [2.05, 4.69) is 54.2 Å². The van der Waals surface area contributed by atoms with Crippen molar-refractivity contribution in [3.63, 3.8) is 0 Å². The minimum atomic E-state index is 0.166. The molecule has 1 aliphatic carbocycles. The lowest BCUT2D eigenvalue weighted by Gasteiger charge is -2.54. The third-order valence-electron chi connectivity index (χ3n) is 7.29. The molecule has 0 aromatic heterocycles. The summed E-state index contributed by atoms with van der Waals surface area (Å²) in [6.07, 6.45) is 9.09. The monoisotopic (exact) mass is 340 g/mol. The van der Waals surface area contributed by atoms with Crippen LogP contribution < -0.4 is 0 Å². The van der Waals surface area contributed by atoms with Crippen LogP contribution in [-0.2, 0) is 11.2 Å². The molecule has 0 bridgehead atoms. The van der Waals surface area contributed by atoms with E-state index < -0.39 is 0 Å². The van der Waals surface area contributed by atoms with E-state index in [9.17, 15) is 4.79 Å². The van der Waals surface area contributed by atoms with Gasteiger partial charge in [-0.2, -0.15) is 0 Å². The van der Waals surface area contributed by atoms with Gasteiger partial charge in [-0.3, -0.25) is 4.79 Å². The highest BCUT2D eigenvalue weighted by Gasteiger charge is 2.56. The fourth-order valence-corrected chi connectivity index (χ4v) is 6.28. The zero-order valence-electron chi connectivity index (χ0n) is 15.8. The minimum absolute atomic E-state index is 0.166. The molecule has 1 aromatic rings. The van der Waals surface area contributed by atoms with Gasteiger partial charge < -0.3 is 9.80 Å². The maximum absolute atomic E-state index is 12.7. The van der Waals surface area contributed by atoms with Crippen LogP contribution in [0, 0.1) is 11.8 Å². The smallest absolute Gasteiger partial charge is 0.223 e. The molecule has 3 nitrogen and oxygen atoms in total. The molecule has 2 heterocycles. The van der Waals surface area contributed by atoms with Crippen LogP contribution in [0.5, 0.6) is 0 Å². The van der Waals surface area contributed by atoms with Crippen LogP contribution in [0.4, 0.5) is 0 Å². The van der Waals surface area contributed by atoms with Gasteiger partial charge >= 0.3 is 0 Å². The van der Waals surface area contributed by atoms with Gasteiger partial charge in [0.05, 0.1) is 0 Å². The van der Waals surface area contributed by atoms with E-state index in [-0.39, 0.29) is 5.54 Å². The van der Waals surface area contributed by atoms with Gasteiger partial charge in [-0.25, -0.2) is 0 Å². The van der Waals surface area contributed by atoms with Crippen LogP contribution in [0.2, 0.25) is 0 Å². The number of carbonyl (C=O) groups excluding carboxylic acids is 1. The normalized spacial score (nSPS) is 35.4. The van der Waals surface area contributed by atoms with Crippen LogP contribution in [0.25, 0.3) is 0 Å². The SMILES string of the molecule is CN(C)[C@@H]1CC[C@@]23CCCN2C(=O)CCC[C@H]3[C@H]1Cc1ccccc1. The van der Waals surface area contributed by atoms with Crippen molar-refractivity contribution in [2.24, 2.45) is 11.8 Å². The summed E-state index contributed by atoms with van der Waals surface area (Å²) in [5.74, 6) is 1.74. The Hall–Kier alpha value is -1.35. The van der Waals surface area contributed by atoms with Crippen LogP contribution in [0.15, 0.2) is 30.3 Å². The first-order valence-corrected chi connectivity index (χ1v) is 10.1. The Kier molecular flexibility index (Phi) is 4.61. The molecule has 3 heteroatoms. The molecule has 3 fully saturated rings. The summed E-state index contributed by atoms with van der Waals surface area (Å²) in [7, 11) is 4.49. The van der Waals surface area contributed by atoms with Gasteiger partial charge in [0.25, 0.3) is 0 Å². The third kappa shape index (κ3) is 2.91. The third-order valence-corrected chi connectivity index (χ3v) is 7.29. The largest absolute Gasteiger partial charge is 0.337 e. The summed E-state index contributed by atoms with van der Waals surface area (Å²) in [5.41, 5.74) is 1.62. The number of amides is 1. The average Bonchev–Trinajstić information content (AvgIpc) is 2.96. The number of hydrogen-bond acceptors (Lipinski definition) is 2. The summed E-state index contributed by atoms with van der Waals surface area (Å²) in [5, 5.41) is 0. The Balaban J connectivity index is 1.70. The topological polar surface area (TPSA) is 23.6 Å². The lowest BCUT2D eigenvalue weighted by molar-refractivity contribution is -0.139. The number of rotatable bonds is 3. The predicted octanol–water partition coefficient (Wildman–Crippen LogP) is 3.73. The van der Waals surface area contributed by atoms with E-state index in [1.165, 1.54) is 37.7 Å². The highest BCUT2D eigenvalue weighted by atomic mass is 16.2. The number of hydrogen-bond donors (Lipinski definition) is 0. The first-order valence-electron chi connectivity index (χ1n) is 10.1. The van der Waals surface area contributed by atoms with E-state index in [0.717, 1.165) is 25.8 Å². The maximum atomic E-state index is 12.7. The number of benzene rings is 1. The van der Waals surface area contributed by atoms with Crippen molar-refractivity contribution in [3.8, 4) is 0 Å². The second-order valence-corrected chi connectivity index (χ2v) is 8.67. The Labute approximate surface area is 152 Å². The van der Waals surface area contributed by atoms with Gasteiger partial charge in [-0.15, -0.1) is 0 Å². The molecule has 1 amide bonds. The highest BCUT2D eigenvalue weighted by Crippen LogP contribution is 2.53. The fraction of sp³-hybridized carbons (Fsp3) is 0.682. The highest BCUT2D eigenvalue weighted by molar-refractivity contribution is 5.78. The van der Waals surface area contributed by atoms with Gasteiger partial charge in [-0.1, -0.05) is 30.3 Å². The average molecular weight is 341 g/mol. The molecule has 25 heavy (non-hydrogen) atoms. The van der Waals surface area contributed by atoms with E-state index in [1.54, 1.807) is 0 Å². The lowest BCUT2D eigenvalue weighted by atomic mass is 9.61. The molecule has 2 saturated heterocycles. The van der Waals surface area contributed by atoms with Crippen LogP contribution in [-0.4, -0.2) is 47.9 Å². The Morgan fingerprint density at radius 1 is 1.12 bits per heavy atom. The molecule has 1 saturated carbocycles. The molecule has 0 unspecified atom stereocenters. The van der Waals surface area contributed by atoms with Crippen molar-refractivity contribution >= 4 is 5.91 Å². The van der Waals surface area contributed by atoms with Gasteiger partial charge in [0.15, 0.2) is 0 Å². The van der Waals surface area contributed by atoms with Crippen molar-refractivity contribution < 1.29 is 4.79 Å². The standard InChI is InChI=1S/C22H32N2O/c1-23(2)20-12-14-22-13-7-15-24(22)21(25)11-6-10-19(22)18(20)16-17-8-4-3-5-9-17/h3-5,8-9,18-20H,6-7,10-16H2,1-2H3/t18-,19+,20-,22-/m1/s1. The molecular formula is C22H32N2O. The van der Waals surface area contributed by atoms with Crippen LogP contribution in [0.3, 0.4) is 0 Å². The summed E-state index contributed by atoms with van der Waals surface area (Å²) in [6.45, 7) is 1.00. The zero-order chi connectivity index (χ0) is 17.4. The van der Waals surface area contributed by atoms with Crippen molar-refractivity contribution in [1.29, 1.82) is 0 Å². The minimum Gasteiger partial charge on any atom is -0.337 e. The van der Waals surface area contributed by atoms with Crippen molar-refractivity contribution in [2.45, 2.75) is 62.9 Å². The Bertz CT molecular complexity index is 614. The molecule has 1 spiro atoms. The van der Waals surface area contributed by atoms with Gasteiger partial charge in [0.1, 0.15) is 0 Å². The molecule has 4 rings (SSSR count).